The van der Waals surface area contributed by atoms with E-state index >= 15 is 0 Å². The van der Waals surface area contributed by atoms with Crippen LogP contribution in [0.2, 0.25) is 0 Å². The molecule has 222 valence electrons. The summed E-state index contributed by atoms with van der Waals surface area (Å²) in [7, 11) is 1.44. The summed E-state index contributed by atoms with van der Waals surface area (Å²) in [5.41, 5.74) is 5.30. The van der Waals surface area contributed by atoms with Crippen LogP contribution in [0.1, 0.15) is 37.4 Å². The maximum Gasteiger partial charge on any atom is 0.343 e. The van der Waals surface area contributed by atoms with Crippen molar-refractivity contribution in [3.63, 3.8) is 0 Å². The van der Waals surface area contributed by atoms with Gasteiger partial charge in [-0.05, 0) is 88.6 Å². The van der Waals surface area contributed by atoms with E-state index < -0.39 is 17.8 Å². The molecule has 0 fully saturated rings. The van der Waals surface area contributed by atoms with Crippen molar-refractivity contribution >= 4 is 46.0 Å². The van der Waals surface area contributed by atoms with Crippen molar-refractivity contribution in [2.45, 2.75) is 6.92 Å². The van der Waals surface area contributed by atoms with Crippen LogP contribution in [0.3, 0.4) is 0 Å². The lowest BCUT2D eigenvalue weighted by Crippen LogP contribution is -2.32. The molecule has 1 aliphatic rings. The minimum Gasteiger partial charge on any atom is -0.493 e. The van der Waals surface area contributed by atoms with Gasteiger partial charge in [0, 0.05) is 5.56 Å². The quantitative estimate of drug-likeness (QED) is 0.0787. The fraction of sp³-hybridized carbons (Fsp3) is 0.0909. The molecule has 0 aromatic heterocycles. The number of aryl methyl sites for hydroxylation is 1. The van der Waals surface area contributed by atoms with E-state index in [1.54, 1.807) is 72.8 Å². The van der Waals surface area contributed by atoms with Crippen LogP contribution in [0.15, 0.2) is 100 Å². The molecule has 44 heavy (non-hydrogen) atoms. The SMILES string of the molecule is COc1cc(/C=N\NC(=O)/C(=C\c2ccc3c(c2)OCO3)NC(=O)c2ccccc2)cc(Br)c1OC(=O)c1ccc(C)cc1. The van der Waals surface area contributed by atoms with E-state index in [4.69, 9.17) is 18.9 Å². The van der Waals surface area contributed by atoms with Crippen LogP contribution in [0, 0.1) is 6.92 Å². The molecule has 0 saturated heterocycles. The van der Waals surface area contributed by atoms with Gasteiger partial charge in [-0.2, -0.15) is 5.10 Å². The number of carbonyl (C=O) groups excluding carboxylic acids is 3. The first-order valence-electron chi connectivity index (χ1n) is 13.3. The molecule has 10 nitrogen and oxygen atoms in total. The summed E-state index contributed by atoms with van der Waals surface area (Å²) in [6, 6.07) is 23.9. The van der Waals surface area contributed by atoms with Gasteiger partial charge in [0.25, 0.3) is 11.8 Å². The van der Waals surface area contributed by atoms with Crippen molar-refractivity contribution in [3.8, 4) is 23.0 Å². The number of hydrazone groups is 1. The Kier molecular flexibility index (Phi) is 9.36. The van der Waals surface area contributed by atoms with Crippen LogP contribution < -0.4 is 29.7 Å². The third kappa shape index (κ3) is 7.31. The molecule has 0 atom stereocenters. The lowest BCUT2D eigenvalue weighted by atomic mass is 10.1. The summed E-state index contributed by atoms with van der Waals surface area (Å²) in [6.45, 7) is 2.03. The minimum atomic E-state index is -0.669. The number of fused-ring (bicyclic) bond motifs is 1. The van der Waals surface area contributed by atoms with Gasteiger partial charge in [0.05, 0.1) is 23.4 Å². The Balaban J connectivity index is 1.33. The first kappa shape index (κ1) is 30.1. The Labute approximate surface area is 261 Å². The van der Waals surface area contributed by atoms with Crippen LogP contribution in [0.5, 0.6) is 23.0 Å². The summed E-state index contributed by atoms with van der Waals surface area (Å²) in [4.78, 5) is 38.8. The molecule has 0 aliphatic carbocycles. The Bertz CT molecular complexity index is 1770. The monoisotopic (exact) mass is 655 g/mol. The van der Waals surface area contributed by atoms with Crippen molar-refractivity contribution in [2.75, 3.05) is 13.9 Å². The number of nitrogens with zero attached hydrogens (tertiary/aromatic N) is 1. The van der Waals surface area contributed by atoms with E-state index in [1.807, 2.05) is 19.1 Å². The first-order valence-corrected chi connectivity index (χ1v) is 14.1. The third-order valence-electron chi connectivity index (χ3n) is 6.35. The predicted octanol–water partition coefficient (Wildman–Crippen LogP) is 5.64. The number of carbonyl (C=O) groups is 3. The Morgan fingerprint density at radius 1 is 0.886 bits per heavy atom. The number of nitrogens with one attached hydrogen (secondary N) is 2. The van der Waals surface area contributed by atoms with Crippen molar-refractivity contribution in [1.29, 1.82) is 0 Å². The van der Waals surface area contributed by atoms with Gasteiger partial charge < -0.3 is 24.3 Å². The third-order valence-corrected chi connectivity index (χ3v) is 6.94. The molecule has 4 aromatic rings. The molecule has 0 spiro atoms. The number of esters is 1. The highest BCUT2D eigenvalue weighted by Gasteiger charge is 2.19. The van der Waals surface area contributed by atoms with E-state index in [0.717, 1.165) is 5.56 Å². The molecule has 1 aliphatic heterocycles. The van der Waals surface area contributed by atoms with Gasteiger partial charge in [0.2, 0.25) is 6.79 Å². The lowest BCUT2D eigenvalue weighted by molar-refractivity contribution is -0.117. The van der Waals surface area contributed by atoms with Gasteiger partial charge in [-0.25, -0.2) is 10.2 Å². The largest absolute Gasteiger partial charge is 0.493 e. The fourth-order valence-corrected chi connectivity index (χ4v) is 4.63. The summed E-state index contributed by atoms with van der Waals surface area (Å²) in [6.07, 6.45) is 2.89. The van der Waals surface area contributed by atoms with E-state index in [0.29, 0.717) is 38.2 Å². The number of rotatable bonds is 9. The molecule has 1 heterocycles. The molecular weight excluding hydrogens is 630 g/mol. The number of ether oxygens (including phenoxy) is 4. The van der Waals surface area contributed by atoms with Crippen molar-refractivity contribution in [3.05, 3.63) is 123 Å². The molecular formula is C33H26BrN3O7. The second-order valence-electron chi connectivity index (χ2n) is 9.48. The smallest absolute Gasteiger partial charge is 0.343 e. The molecule has 5 rings (SSSR count). The van der Waals surface area contributed by atoms with Gasteiger partial charge >= 0.3 is 5.97 Å². The summed E-state index contributed by atoms with van der Waals surface area (Å²) in [5.74, 6) is -0.110. The predicted molar refractivity (Wildman–Crippen MR) is 167 cm³/mol. The van der Waals surface area contributed by atoms with Crippen LogP contribution in [0.25, 0.3) is 6.08 Å². The molecule has 2 amide bonds. The lowest BCUT2D eigenvalue weighted by Gasteiger charge is -2.12. The number of hydrogen-bond acceptors (Lipinski definition) is 8. The Morgan fingerprint density at radius 3 is 2.39 bits per heavy atom. The highest BCUT2D eigenvalue weighted by molar-refractivity contribution is 9.10. The summed E-state index contributed by atoms with van der Waals surface area (Å²) in [5, 5.41) is 6.72. The zero-order chi connectivity index (χ0) is 31.1. The number of methoxy groups -OCH3 is 1. The molecule has 11 heteroatoms. The highest BCUT2D eigenvalue weighted by atomic mass is 79.9. The van der Waals surface area contributed by atoms with Crippen LogP contribution in [-0.4, -0.2) is 37.9 Å². The Morgan fingerprint density at radius 2 is 1.64 bits per heavy atom. The van der Waals surface area contributed by atoms with E-state index in [-0.39, 0.29) is 24.0 Å². The zero-order valence-corrected chi connectivity index (χ0v) is 25.2. The van der Waals surface area contributed by atoms with E-state index in [9.17, 15) is 14.4 Å². The highest BCUT2D eigenvalue weighted by Crippen LogP contribution is 2.37. The molecule has 0 bridgehead atoms. The van der Waals surface area contributed by atoms with Gasteiger partial charge in [0.1, 0.15) is 5.70 Å². The summed E-state index contributed by atoms with van der Waals surface area (Å²) >= 11 is 3.42. The van der Waals surface area contributed by atoms with Gasteiger partial charge in [-0.15, -0.1) is 0 Å². The summed E-state index contributed by atoms with van der Waals surface area (Å²) < 4.78 is 22.2. The van der Waals surface area contributed by atoms with Crippen LogP contribution in [0.4, 0.5) is 0 Å². The van der Waals surface area contributed by atoms with Crippen molar-refractivity contribution in [2.24, 2.45) is 5.10 Å². The topological polar surface area (TPSA) is 125 Å². The minimum absolute atomic E-state index is 0.0491. The molecule has 4 aromatic carbocycles. The Hall–Kier alpha value is -5.42. The maximum absolute atomic E-state index is 13.2. The van der Waals surface area contributed by atoms with Gasteiger partial charge in [-0.3, -0.25) is 9.59 Å². The zero-order valence-electron chi connectivity index (χ0n) is 23.6. The molecule has 0 unspecified atom stereocenters. The second-order valence-corrected chi connectivity index (χ2v) is 10.3. The van der Waals surface area contributed by atoms with Crippen molar-refractivity contribution < 1.29 is 33.3 Å². The molecule has 0 radical (unpaired) electrons. The van der Waals surface area contributed by atoms with E-state index in [1.165, 1.54) is 19.4 Å². The van der Waals surface area contributed by atoms with E-state index in [2.05, 4.69) is 31.8 Å². The number of hydrogen-bond donors (Lipinski definition) is 2. The molecule has 2 N–H and O–H groups in total. The number of halogens is 1. The standard InChI is InChI=1S/C33H26BrN3O7/c1-20-8-11-24(12-9-20)33(40)44-30-25(34)14-22(17-29(30)41-2)18-35-37-32(39)26(36-31(38)23-6-4-3-5-7-23)15-21-10-13-27-28(16-21)43-19-42-27/h3-18H,19H2,1-2H3,(H,36,38)(H,37,39)/b26-15+,35-18-. The number of amides is 2. The second kappa shape index (κ2) is 13.7. The average Bonchev–Trinajstić information content (AvgIpc) is 3.50. The molecule has 0 saturated carbocycles. The first-order chi connectivity index (χ1) is 21.3. The van der Waals surface area contributed by atoms with Crippen molar-refractivity contribution in [1.82, 2.24) is 10.7 Å². The number of benzene rings is 4. The normalized spacial score (nSPS) is 12.1. The maximum atomic E-state index is 13.2. The van der Waals surface area contributed by atoms with Gasteiger partial charge in [0.15, 0.2) is 23.0 Å². The van der Waals surface area contributed by atoms with Crippen LogP contribution in [-0.2, 0) is 4.79 Å². The average molecular weight is 656 g/mol. The van der Waals surface area contributed by atoms with Crippen LogP contribution >= 0.6 is 15.9 Å². The fourth-order valence-electron chi connectivity index (χ4n) is 4.09. The van der Waals surface area contributed by atoms with Gasteiger partial charge in [-0.1, -0.05) is 42.0 Å².